The molecule has 2 bridgehead atoms. The molecule has 0 aromatic carbocycles. The maximum atomic E-state index is 6.09. The second kappa shape index (κ2) is 4.69. The Kier molecular flexibility index (Phi) is 2.85. The van der Waals surface area contributed by atoms with Gasteiger partial charge in [0.15, 0.2) is 5.88 Å². The summed E-state index contributed by atoms with van der Waals surface area (Å²) in [6.45, 7) is 4.77. The van der Waals surface area contributed by atoms with Crippen molar-refractivity contribution in [2.75, 3.05) is 31.1 Å². The molecule has 3 saturated heterocycles. The maximum absolute atomic E-state index is 6.09. The fraction of sp³-hybridized carbons (Fsp3) is 0.467. The first-order chi connectivity index (χ1) is 9.40. The summed E-state index contributed by atoms with van der Waals surface area (Å²) in [6, 6.07) is 9.11. The van der Waals surface area contributed by atoms with Crippen LogP contribution in [0, 0.1) is 0 Å². The molecule has 0 saturated carbocycles. The third-order valence-electron chi connectivity index (χ3n) is 4.29. The number of nitrogens with zero attached hydrogens (tertiary/aromatic N) is 2. The van der Waals surface area contributed by atoms with Crippen LogP contribution >= 0.6 is 11.3 Å². The van der Waals surface area contributed by atoms with Crippen LogP contribution in [0.25, 0.3) is 10.6 Å². The lowest BCUT2D eigenvalue weighted by atomic mass is 10.1. The highest BCUT2D eigenvalue weighted by Crippen LogP contribution is 2.33. The molecule has 0 amide bonds. The summed E-state index contributed by atoms with van der Waals surface area (Å²) in [5.74, 6) is 2.06. The van der Waals surface area contributed by atoms with Gasteiger partial charge in [-0.25, -0.2) is 0 Å². The van der Waals surface area contributed by atoms with Crippen molar-refractivity contribution in [2.24, 2.45) is 0 Å². The van der Waals surface area contributed by atoms with E-state index in [2.05, 4.69) is 39.4 Å². The Morgan fingerprint density at radius 3 is 2.74 bits per heavy atom. The SMILES string of the molecule is c1csc(-c2ccc(N3CCN4CCC3CC4)o2)c1. The Labute approximate surface area is 117 Å². The van der Waals surface area contributed by atoms with Crippen molar-refractivity contribution in [3.63, 3.8) is 0 Å². The van der Waals surface area contributed by atoms with Crippen molar-refractivity contribution >= 4 is 17.2 Å². The number of rotatable bonds is 2. The molecule has 3 aliphatic heterocycles. The second-order valence-corrected chi connectivity index (χ2v) is 6.33. The summed E-state index contributed by atoms with van der Waals surface area (Å²) in [7, 11) is 0. The zero-order valence-corrected chi connectivity index (χ0v) is 11.7. The zero-order valence-electron chi connectivity index (χ0n) is 10.9. The first-order valence-electron chi connectivity index (χ1n) is 7.03. The van der Waals surface area contributed by atoms with E-state index in [0.717, 1.165) is 18.2 Å². The Balaban J connectivity index is 1.62. The van der Waals surface area contributed by atoms with Gasteiger partial charge in [-0.05, 0) is 30.4 Å². The number of fused-ring (bicyclic) bond motifs is 4. The molecule has 0 aliphatic carbocycles. The zero-order chi connectivity index (χ0) is 12.7. The molecule has 0 radical (unpaired) electrons. The van der Waals surface area contributed by atoms with Gasteiger partial charge in [0.05, 0.1) is 4.88 Å². The Morgan fingerprint density at radius 1 is 1.05 bits per heavy atom. The minimum atomic E-state index is 0.668. The Hall–Kier alpha value is -1.26. The number of hydrogen-bond donors (Lipinski definition) is 0. The maximum Gasteiger partial charge on any atom is 0.196 e. The largest absolute Gasteiger partial charge is 0.440 e. The average molecular weight is 274 g/mol. The van der Waals surface area contributed by atoms with E-state index in [0.29, 0.717) is 6.04 Å². The lowest BCUT2D eigenvalue weighted by Gasteiger charge is -2.31. The summed E-state index contributed by atoms with van der Waals surface area (Å²) < 4.78 is 6.09. The van der Waals surface area contributed by atoms with Crippen LogP contribution in [-0.2, 0) is 0 Å². The number of furan rings is 1. The van der Waals surface area contributed by atoms with Crippen molar-refractivity contribution in [1.82, 2.24) is 4.90 Å². The first kappa shape index (κ1) is 11.6. The number of thiophene rings is 1. The molecular weight excluding hydrogens is 256 g/mol. The number of piperidine rings is 1. The molecule has 100 valence electrons. The summed E-state index contributed by atoms with van der Waals surface area (Å²) in [5.41, 5.74) is 0. The van der Waals surface area contributed by atoms with Gasteiger partial charge in [-0.2, -0.15) is 0 Å². The van der Waals surface area contributed by atoms with Crippen LogP contribution in [0.15, 0.2) is 34.1 Å². The van der Waals surface area contributed by atoms with E-state index in [1.54, 1.807) is 11.3 Å². The second-order valence-electron chi connectivity index (χ2n) is 5.38. The Morgan fingerprint density at radius 2 is 1.95 bits per heavy atom. The molecule has 0 spiro atoms. The number of hydrogen-bond acceptors (Lipinski definition) is 4. The minimum absolute atomic E-state index is 0.668. The van der Waals surface area contributed by atoms with Crippen molar-refractivity contribution < 1.29 is 4.42 Å². The van der Waals surface area contributed by atoms with Gasteiger partial charge in [-0.3, -0.25) is 0 Å². The fourth-order valence-corrected chi connectivity index (χ4v) is 3.90. The molecule has 5 heterocycles. The predicted octanol–water partition coefficient (Wildman–Crippen LogP) is 3.29. The van der Waals surface area contributed by atoms with E-state index >= 15 is 0 Å². The molecule has 3 aliphatic rings. The highest BCUT2D eigenvalue weighted by atomic mass is 32.1. The molecule has 0 unspecified atom stereocenters. The Bertz CT molecular complexity index is 540. The predicted molar refractivity (Wildman–Crippen MR) is 78.8 cm³/mol. The van der Waals surface area contributed by atoms with E-state index in [4.69, 9.17) is 4.42 Å². The lowest BCUT2D eigenvalue weighted by Crippen LogP contribution is -2.37. The van der Waals surface area contributed by atoms with Crippen molar-refractivity contribution in [2.45, 2.75) is 18.9 Å². The molecule has 0 atom stereocenters. The summed E-state index contributed by atoms with van der Waals surface area (Å²) >= 11 is 1.73. The minimum Gasteiger partial charge on any atom is -0.440 e. The van der Waals surface area contributed by atoms with Crippen LogP contribution in [0.2, 0.25) is 0 Å². The molecular formula is C15H18N2OS. The lowest BCUT2D eigenvalue weighted by molar-refractivity contribution is 0.249. The summed E-state index contributed by atoms with van der Waals surface area (Å²) in [4.78, 5) is 6.26. The van der Waals surface area contributed by atoms with Crippen LogP contribution in [-0.4, -0.2) is 37.1 Å². The van der Waals surface area contributed by atoms with E-state index in [1.807, 2.05) is 0 Å². The van der Waals surface area contributed by atoms with Crippen LogP contribution in [0.4, 0.5) is 5.88 Å². The van der Waals surface area contributed by atoms with Crippen molar-refractivity contribution in [3.8, 4) is 10.6 Å². The normalized spacial score (nSPS) is 26.6. The van der Waals surface area contributed by atoms with Crippen LogP contribution in [0.1, 0.15) is 12.8 Å². The summed E-state index contributed by atoms with van der Waals surface area (Å²) in [5, 5.41) is 2.10. The molecule has 5 rings (SSSR count). The first-order valence-corrected chi connectivity index (χ1v) is 7.91. The quantitative estimate of drug-likeness (QED) is 0.838. The third-order valence-corrected chi connectivity index (χ3v) is 5.18. The van der Waals surface area contributed by atoms with E-state index in [-0.39, 0.29) is 0 Å². The fourth-order valence-electron chi connectivity index (χ4n) is 3.21. The van der Waals surface area contributed by atoms with Crippen LogP contribution < -0.4 is 4.90 Å². The van der Waals surface area contributed by atoms with Gasteiger partial charge in [-0.1, -0.05) is 6.07 Å². The monoisotopic (exact) mass is 274 g/mol. The molecule has 19 heavy (non-hydrogen) atoms. The smallest absolute Gasteiger partial charge is 0.196 e. The van der Waals surface area contributed by atoms with Crippen LogP contribution in [0.5, 0.6) is 0 Å². The van der Waals surface area contributed by atoms with Gasteiger partial charge in [0.25, 0.3) is 0 Å². The van der Waals surface area contributed by atoms with E-state index in [9.17, 15) is 0 Å². The van der Waals surface area contributed by atoms with E-state index < -0.39 is 0 Å². The molecule has 4 heteroatoms. The molecule has 0 N–H and O–H groups in total. The standard InChI is InChI=1S/C15H18N2OS/c1-2-14(19-11-1)13-3-4-15(18-13)17-10-9-16-7-5-12(17)6-8-16/h1-4,11-12H,5-10H2. The van der Waals surface area contributed by atoms with Crippen molar-refractivity contribution in [3.05, 3.63) is 29.6 Å². The number of anilines is 1. The highest BCUT2D eigenvalue weighted by molar-refractivity contribution is 7.13. The van der Waals surface area contributed by atoms with Crippen LogP contribution in [0.3, 0.4) is 0 Å². The van der Waals surface area contributed by atoms with Gasteiger partial charge in [0.1, 0.15) is 5.76 Å². The topological polar surface area (TPSA) is 19.6 Å². The van der Waals surface area contributed by atoms with Gasteiger partial charge in [-0.15, -0.1) is 11.3 Å². The summed E-state index contributed by atoms with van der Waals surface area (Å²) in [6.07, 6.45) is 2.55. The molecule has 3 nitrogen and oxygen atoms in total. The van der Waals surface area contributed by atoms with Gasteiger partial charge in [0, 0.05) is 38.3 Å². The van der Waals surface area contributed by atoms with Gasteiger partial charge in [0.2, 0.25) is 0 Å². The van der Waals surface area contributed by atoms with Gasteiger partial charge >= 0.3 is 0 Å². The van der Waals surface area contributed by atoms with E-state index in [1.165, 1.54) is 37.4 Å². The highest BCUT2D eigenvalue weighted by Gasteiger charge is 2.30. The van der Waals surface area contributed by atoms with Gasteiger partial charge < -0.3 is 14.2 Å². The molecule has 3 fully saturated rings. The third kappa shape index (κ3) is 2.09. The van der Waals surface area contributed by atoms with Crippen molar-refractivity contribution in [1.29, 1.82) is 0 Å². The molecule has 2 aromatic heterocycles. The average Bonchev–Trinajstić information content (AvgIpc) is 3.05. The molecule has 2 aromatic rings.